The number of ether oxygens (including phenoxy) is 1. The molecule has 0 saturated carbocycles. The van der Waals surface area contributed by atoms with E-state index in [-0.39, 0.29) is 35.4 Å². The molecule has 11 heteroatoms. The van der Waals surface area contributed by atoms with Crippen molar-refractivity contribution in [2.45, 2.75) is 6.36 Å². The van der Waals surface area contributed by atoms with E-state index in [1.54, 1.807) is 4.90 Å². The van der Waals surface area contributed by atoms with Gasteiger partial charge in [-0.2, -0.15) is 0 Å². The van der Waals surface area contributed by atoms with Gasteiger partial charge in [0.1, 0.15) is 11.5 Å². The van der Waals surface area contributed by atoms with Crippen LogP contribution in [0.15, 0.2) is 42.5 Å². The molecule has 2 aromatic carbocycles. The van der Waals surface area contributed by atoms with Crippen LogP contribution in [0.25, 0.3) is 0 Å². The fraction of sp³-hybridized carbons (Fsp3) is 0.300. The molecule has 0 radical (unpaired) electrons. The Hall–Kier alpha value is -2.98. The number of anilines is 1. The Morgan fingerprint density at radius 1 is 1.06 bits per heavy atom. The Morgan fingerprint density at radius 2 is 1.71 bits per heavy atom. The summed E-state index contributed by atoms with van der Waals surface area (Å²) in [5, 5.41) is 12.8. The molecule has 0 unspecified atom stereocenters. The predicted octanol–water partition coefficient (Wildman–Crippen LogP) is 3.34. The van der Waals surface area contributed by atoms with Crippen molar-refractivity contribution in [3.8, 4) is 11.5 Å². The number of carbonyl (C=O) groups excluding carboxylic acids is 2. The highest BCUT2D eigenvalue weighted by Crippen LogP contribution is 2.25. The molecule has 0 atom stereocenters. The van der Waals surface area contributed by atoms with E-state index >= 15 is 0 Å². The zero-order chi connectivity index (χ0) is 22.6. The predicted molar refractivity (Wildman–Crippen MR) is 107 cm³/mol. The topological polar surface area (TPSA) is 82.1 Å². The first kappa shape index (κ1) is 22.7. The highest BCUT2D eigenvalue weighted by atomic mass is 35.5. The number of halogens is 4. The molecule has 31 heavy (non-hydrogen) atoms. The van der Waals surface area contributed by atoms with E-state index in [2.05, 4.69) is 10.1 Å². The molecule has 2 amide bonds. The number of nitrogens with zero attached hydrogens (tertiary/aromatic N) is 2. The average Bonchev–Trinajstić information content (AvgIpc) is 2.70. The molecule has 1 heterocycles. The average molecular weight is 458 g/mol. The SMILES string of the molecule is O=C(CN1CCN(C(=O)c2cc(Cl)ccc2O)CC1)Nc1ccc(OC(F)(F)F)cc1. The molecule has 166 valence electrons. The first-order valence-electron chi connectivity index (χ1n) is 9.26. The molecule has 1 aliphatic heterocycles. The molecule has 3 rings (SSSR count). The monoisotopic (exact) mass is 457 g/mol. The maximum Gasteiger partial charge on any atom is 0.573 e. The van der Waals surface area contributed by atoms with Crippen molar-refractivity contribution in [2.24, 2.45) is 0 Å². The number of hydrogen-bond acceptors (Lipinski definition) is 5. The normalized spacial score (nSPS) is 14.9. The van der Waals surface area contributed by atoms with Gasteiger partial charge in [0.05, 0.1) is 12.1 Å². The van der Waals surface area contributed by atoms with Gasteiger partial charge >= 0.3 is 6.36 Å². The summed E-state index contributed by atoms with van der Waals surface area (Å²) in [6, 6.07) is 9.10. The first-order valence-corrected chi connectivity index (χ1v) is 9.64. The van der Waals surface area contributed by atoms with Gasteiger partial charge in [0.15, 0.2) is 0 Å². The summed E-state index contributed by atoms with van der Waals surface area (Å²) >= 11 is 5.89. The van der Waals surface area contributed by atoms with Gasteiger partial charge in [-0.1, -0.05) is 11.6 Å². The largest absolute Gasteiger partial charge is 0.573 e. The second kappa shape index (κ2) is 9.44. The highest BCUT2D eigenvalue weighted by molar-refractivity contribution is 6.31. The number of rotatable bonds is 5. The zero-order valence-corrected chi connectivity index (χ0v) is 16.9. The third-order valence-electron chi connectivity index (χ3n) is 4.59. The summed E-state index contributed by atoms with van der Waals surface area (Å²) in [6.45, 7) is 1.67. The number of nitrogens with one attached hydrogen (secondary N) is 1. The second-order valence-corrected chi connectivity index (χ2v) is 7.29. The summed E-state index contributed by atoms with van der Waals surface area (Å²) in [6.07, 6.45) is -4.78. The van der Waals surface area contributed by atoms with Crippen molar-refractivity contribution in [1.82, 2.24) is 9.80 Å². The van der Waals surface area contributed by atoms with E-state index < -0.39 is 6.36 Å². The van der Waals surface area contributed by atoms with Gasteiger partial charge in [-0.05, 0) is 42.5 Å². The Labute approximate surface area is 181 Å². The molecular formula is C20H19ClF3N3O4. The first-order chi connectivity index (χ1) is 14.6. The number of phenols is 1. The van der Waals surface area contributed by atoms with Crippen LogP contribution in [0.4, 0.5) is 18.9 Å². The van der Waals surface area contributed by atoms with Crippen LogP contribution >= 0.6 is 11.6 Å². The molecule has 2 N–H and O–H groups in total. The van der Waals surface area contributed by atoms with E-state index in [0.29, 0.717) is 36.9 Å². The molecule has 1 aliphatic rings. The quantitative estimate of drug-likeness (QED) is 0.719. The maximum absolute atomic E-state index is 12.6. The van der Waals surface area contributed by atoms with Gasteiger partial charge < -0.3 is 20.1 Å². The van der Waals surface area contributed by atoms with Crippen molar-refractivity contribution in [1.29, 1.82) is 0 Å². The van der Waals surface area contributed by atoms with Crippen LogP contribution in [0.3, 0.4) is 0 Å². The van der Waals surface area contributed by atoms with Crippen LogP contribution < -0.4 is 10.1 Å². The van der Waals surface area contributed by atoms with E-state index in [1.165, 1.54) is 30.3 Å². The molecule has 1 saturated heterocycles. The number of phenolic OH excluding ortho intramolecular Hbond substituents is 1. The Kier molecular flexibility index (Phi) is 6.91. The lowest BCUT2D eigenvalue weighted by Crippen LogP contribution is -2.50. The smallest absolute Gasteiger partial charge is 0.507 e. The van der Waals surface area contributed by atoms with Gasteiger partial charge in [-0.25, -0.2) is 0 Å². The van der Waals surface area contributed by atoms with Crippen LogP contribution in [0.1, 0.15) is 10.4 Å². The van der Waals surface area contributed by atoms with Gasteiger partial charge in [-0.3, -0.25) is 14.5 Å². The van der Waals surface area contributed by atoms with Crippen molar-refractivity contribution >= 4 is 29.1 Å². The van der Waals surface area contributed by atoms with E-state index in [4.69, 9.17) is 11.6 Å². The summed E-state index contributed by atoms with van der Waals surface area (Å²) in [5.41, 5.74) is 0.460. The highest BCUT2D eigenvalue weighted by Gasteiger charge is 2.31. The van der Waals surface area contributed by atoms with Crippen LogP contribution in [0, 0.1) is 0 Å². The molecule has 0 aromatic heterocycles. The third kappa shape index (κ3) is 6.50. The maximum atomic E-state index is 12.6. The minimum Gasteiger partial charge on any atom is -0.507 e. The molecule has 1 fully saturated rings. The molecule has 7 nitrogen and oxygen atoms in total. The zero-order valence-electron chi connectivity index (χ0n) is 16.2. The summed E-state index contributed by atoms with van der Waals surface area (Å²) < 4.78 is 40.3. The number of aromatic hydroxyl groups is 1. The lowest BCUT2D eigenvalue weighted by molar-refractivity contribution is -0.274. The minimum absolute atomic E-state index is 0.0608. The van der Waals surface area contributed by atoms with Crippen LogP contribution in [0.5, 0.6) is 11.5 Å². The van der Waals surface area contributed by atoms with Gasteiger partial charge in [0.2, 0.25) is 5.91 Å². The number of piperazine rings is 1. The van der Waals surface area contributed by atoms with Crippen molar-refractivity contribution in [2.75, 3.05) is 38.0 Å². The number of carbonyl (C=O) groups is 2. The van der Waals surface area contributed by atoms with Gasteiger partial charge in [-0.15, -0.1) is 13.2 Å². The third-order valence-corrected chi connectivity index (χ3v) is 4.82. The number of benzene rings is 2. The summed E-state index contributed by atoms with van der Waals surface area (Å²) in [7, 11) is 0. The number of hydrogen-bond donors (Lipinski definition) is 2. The van der Waals surface area contributed by atoms with Crippen molar-refractivity contribution in [3.05, 3.63) is 53.1 Å². The fourth-order valence-electron chi connectivity index (χ4n) is 3.10. The molecule has 0 aliphatic carbocycles. The lowest BCUT2D eigenvalue weighted by Gasteiger charge is -2.34. The Bertz CT molecular complexity index is 946. The van der Waals surface area contributed by atoms with Crippen LogP contribution in [0.2, 0.25) is 5.02 Å². The number of amides is 2. The van der Waals surface area contributed by atoms with Crippen molar-refractivity contribution in [3.63, 3.8) is 0 Å². The summed E-state index contributed by atoms with van der Waals surface area (Å²) in [5.74, 6) is -1.21. The summed E-state index contributed by atoms with van der Waals surface area (Å²) in [4.78, 5) is 28.2. The van der Waals surface area contributed by atoms with Crippen molar-refractivity contribution < 1.29 is 32.6 Å². The molecular weight excluding hydrogens is 439 g/mol. The van der Waals surface area contributed by atoms with Gasteiger partial charge in [0, 0.05) is 36.9 Å². The lowest BCUT2D eigenvalue weighted by atomic mass is 10.1. The Morgan fingerprint density at radius 3 is 2.32 bits per heavy atom. The molecule has 0 bridgehead atoms. The van der Waals surface area contributed by atoms with E-state index in [1.807, 2.05) is 4.90 Å². The van der Waals surface area contributed by atoms with E-state index in [0.717, 1.165) is 12.1 Å². The fourth-order valence-corrected chi connectivity index (χ4v) is 3.27. The van der Waals surface area contributed by atoms with Crippen LogP contribution in [-0.2, 0) is 4.79 Å². The number of alkyl halides is 3. The van der Waals surface area contributed by atoms with Gasteiger partial charge in [0.25, 0.3) is 5.91 Å². The second-order valence-electron chi connectivity index (χ2n) is 6.85. The van der Waals surface area contributed by atoms with Crippen LogP contribution in [-0.4, -0.2) is 65.8 Å². The van der Waals surface area contributed by atoms with E-state index in [9.17, 15) is 27.9 Å². The standard InChI is InChI=1S/C20H19ClF3N3O4/c21-13-1-6-17(28)16(11-13)19(30)27-9-7-26(8-10-27)12-18(29)25-14-2-4-15(5-3-14)31-20(22,23)24/h1-6,11,28H,7-10,12H2,(H,25,29). The Balaban J connectivity index is 1.48. The molecule has 0 spiro atoms. The molecule has 2 aromatic rings. The minimum atomic E-state index is -4.78.